The minimum atomic E-state index is -0.249. The van der Waals surface area contributed by atoms with E-state index in [0.29, 0.717) is 18.5 Å². The van der Waals surface area contributed by atoms with Crippen molar-refractivity contribution < 1.29 is 4.74 Å². The van der Waals surface area contributed by atoms with Crippen molar-refractivity contribution in [3.8, 4) is 16.9 Å². The summed E-state index contributed by atoms with van der Waals surface area (Å²) < 4.78 is 7.55. The molecule has 162 valence electrons. The number of ether oxygens (including phenoxy) is 1. The van der Waals surface area contributed by atoms with Gasteiger partial charge < -0.3 is 20.4 Å². The average Bonchev–Trinajstić information content (AvgIpc) is 2.79. The maximum absolute atomic E-state index is 12.9. The van der Waals surface area contributed by atoms with E-state index in [4.69, 9.17) is 15.9 Å². The monoisotopic (exact) mass is 436 g/mol. The average molecular weight is 437 g/mol. The minimum Gasteiger partial charge on any atom is -0.492 e. The fourth-order valence-electron chi connectivity index (χ4n) is 3.56. The van der Waals surface area contributed by atoms with Crippen molar-refractivity contribution >= 4 is 35.0 Å². The van der Waals surface area contributed by atoms with Gasteiger partial charge in [0.1, 0.15) is 12.4 Å². The van der Waals surface area contributed by atoms with Gasteiger partial charge in [0.2, 0.25) is 0 Å². The molecule has 0 spiro atoms. The number of nitrogens with two attached hydrogens (primary N) is 1. The Hall–Kier alpha value is -2.90. The van der Waals surface area contributed by atoms with Crippen molar-refractivity contribution in [1.29, 1.82) is 5.41 Å². The third-order valence-electron chi connectivity index (χ3n) is 5.01. The molecule has 1 aromatic heterocycles. The first-order valence-corrected chi connectivity index (χ1v) is 11.2. The van der Waals surface area contributed by atoms with E-state index in [2.05, 4.69) is 18.0 Å². The van der Waals surface area contributed by atoms with Crippen molar-refractivity contribution in [2.24, 2.45) is 17.8 Å². The summed E-state index contributed by atoms with van der Waals surface area (Å²) >= 11 is 1.75. The number of nitrogens with one attached hydrogen (secondary N) is 1. The van der Waals surface area contributed by atoms with Crippen LogP contribution in [0.1, 0.15) is 18.4 Å². The van der Waals surface area contributed by atoms with Crippen molar-refractivity contribution in [1.82, 2.24) is 4.57 Å². The number of fused-ring (bicyclic) bond motifs is 1. The second-order valence-electron chi connectivity index (χ2n) is 7.09. The maximum atomic E-state index is 12.9. The molecule has 6 nitrogen and oxygen atoms in total. The Bertz CT molecular complexity index is 1170. The van der Waals surface area contributed by atoms with E-state index in [1.807, 2.05) is 36.5 Å². The Labute approximate surface area is 186 Å². The number of aromatic nitrogens is 1. The van der Waals surface area contributed by atoms with Gasteiger partial charge in [-0.15, -0.1) is 11.8 Å². The molecule has 3 rings (SSSR count). The van der Waals surface area contributed by atoms with Crippen LogP contribution in [0.15, 0.2) is 57.3 Å². The second-order valence-corrected chi connectivity index (χ2v) is 8.43. The molecule has 7 heteroatoms. The van der Waals surface area contributed by atoms with Crippen LogP contribution in [0.25, 0.3) is 21.9 Å². The molecule has 0 fully saturated rings. The zero-order chi connectivity index (χ0) is 22.4. The molecule has 1 heterocycles. The number of hydrogen-bond acceptors (Lipinski definition) is 6. The molecule has 1 unspecified atom stereocenters. The lowest BCUT2D eigenvalue weighted by Gasteiger charge is -2.17. The molecule has 3 aromatic rings. The van der Waals surface area contributed by atoms with Crippen molar-refractivity contribution in [3.63, 3.8) is 0 Å². The van der Waals surface area contributed by atoms with E-state index >= 15 is 0 Å². The second kappa shape index (κ2) is 10.4. The molecular weight excluding hydrogens is 408 g/mol. The molecule has 0 radical (unpaired) electrons. The molecule has 0 bridgehead atoms. The minimum absolute atomic E-state index is 0.0654. The lowest BCUT2D eigenvalue weighted by molar-refractivity contribution is 0.329. The van der Waals surface area contributed by atoms with E-state index in [0.717, 1.165) is 38.5 Å². The highest BCUT2D eigenvalue weighted by atomic mass is 32.2. The Morgan fingerprint density at radius 1 is 1.23 bits per heavy atom. The van der Waals surface area contributed by atoms with E-state index in [9.17, 15) is 4.79 Å². The van der Waals surface area contributed by atoms with Gasteiger partial charge in [0.05, 0.1) is 5.92 Å². The largest absolute Gasteiger partial charge is 0.492 e. The highest BCUT2D eigenvalue weighted by Gasteiger charge is 2.16. The van der Waals surface area contributed by atoms with Crippen LogP contribution in [0.3, 0.4) is 0 Å². The van der Waals surface area contributed by atoms with Crippen LogP contribution < -0.4 is 16.0 Å². The summed E-state index contributed by atoms with van der Waals surface area (Å²) in [7, 11) is 3.45. The van der Waals surface area contributed by atoms with Crippen LogP contribution in [0.5, 0.6) is 5.75 Å². The van der Waals surface area contributed by atoms with Crippen LogP contribution in [-0.4, -0.2) is 42.9 Å². The van der Waals surface area contributed by atoms with Gasteiger partial charge in [-0.25, -0.2) is 0 Å². The smallest absolute Gasteiger partial charge is 0.258 e. The predicted molar refractivity (Wildman–Crippen MR) is 132 cm³/mol. The highest BCUT2D eigenvalue weighted by Crippen LogP contribution is 2.37. The third-order valence-corrected chi connectivity index (χ3v) is 5.88. The number of thioether (sulfide) groups is 1. The Morgan fingerprint density at radius 3 is 2.71 bits per heavy atom. The number of aliphatic imine (C=N–C) groups is 1. The summed E-state index contributed by atoms with van der Waals surface area (Å²) in [5.41, 5.74) is 8.33. The van der Waals surface area contributed by atoms with Gasteiger partial charge in [-0.2, -0.15) is 0 Å². The SMILES string of the molecule is CCSc1ccc(OCCN)c(-c2cn(C)c(=O)c3ccc(C(C=N)C=NC)cc23)c1. The number of hydrogen-bond donors (Lipinski definition) is 2. The Kier molecular flexibility index (Phi) is 7.65. The number of rotatable bonds is 9. The zero-order valence-electron chi connectivity index (χ0n) is 18.1. The predicted octanol–water partition coefficient (Wildman–Crippen LogP) is 4.09. The third kappa shape index (κ3) is 4.89. The van der Waals surface area contributed by atoms with Crippen molar-refractivity contribution in [2.75, 3.05) is 26.0 Å². The van der Waals surface area contributed by atoms with Gasteiger partial charge >= 0.3 is 0 Å². The van der Waals surface area contributed by atoms with E-state index in [1.54, 1.807) is 36.6 Å². The lowest BCUT2D eigenvalue weighted by Crippen LogP contribution is -2.17. The van der Waals surface area contributed by atoms with Gasteiger partial charge in [-0.3, -0.25) is 9.79 Å². The standard InChI is InChI=1S/C24H28N4O2S/c1-4-31-18-6-8-23(30-10-9-25)21(12-18)22-15-28(3)24(29)19-7-5-16(11-20(19)22)17(13-26)14-27-2/h5-8,11-15,17,26H,4,9-10,25H2,1-3H3. The number of aryl methyl sites for hydroxylation is 1. The number of pyridine rings is 1. The van der Waals surface area contributed by atoms with Gasteiger partial charge in [-0.1, -0.05) is 13.0 Å². The highest BCUT2D eigenvalue weighted by molar-refractivity contribution is 7.99. The van der Waals surface area contributed by atoms with Crippen molar-refractivity contribution in [2.45, 2.75) is 17.7 Å². The molecular formula is C24H28N4O2S. The summed E-state index contributed by atoms with van der Waals surface area (Å²) in [4.78, 5) is 18.1. The zero-order valence-corrected chi connectivity index (χ0v) is 18.9. The summed E-state index contributed by atoms with van der Waals surface area (Å²) in [5, 5.41) is 9.22. The summed E-state index contributed by atoms with van der Waals surface area (Å²) in [6, 6.07) is 11.8. The van der Waals surface area contributed by atoms with Crippen LogP contribution in [0.4, 0.5) is 0 Å². The summed E-state index contributed by atoms with van der Waals surface area (Å²) in [6.45, 7) is 2.94. The molecule has 0 saturated heterocycles. The van der Waals surface area contributed by atoms with Gasteiger partial charge in [-0.05, 0) is 47.0 Å². The number of benzene rings is 2. The molecule has 0 aliphatic heterocycles. The quantitative estimate of drug-likeness (QED) is 0.390. The number of nitrogens with zero attached hydrogens (tertiary/aromatic N) is 2. The molecule has 2 aromatic carbocycles. The molecule has 0 aliphatic carbocycles. The first kappa shape index (κ1) is 22.8. The van der Waals surface area contributed by atoms with E-state index in [-0.39, 0.29) is 11.5 Å². The molecule has 31 heavy (non-hydrogen) atoms. The van der Waals surface area contributed by atoms with Gasteiger partial charge in [0, 0.05) is 60.7 Å². The van der Waals surface area contributed by atoms with Gasteiger partial charge in [0.25, 0.3) is 5.56 Å². The fourth-order valence-corrected chi connectivity index (χ4v) is 4.26. The van der Waals surface area contributed by atoms with Crippen LogP contribution in [-0.2, 0) is 7.05 Å². The van der Waals surface area contributed by atoms with E-state index < -0.39 is 0 Å². The maximum Gasteiger partial charge on any atom is 0.258 e. The fraction of sp³-hybridized carbons (Fsp3) is 0.292. The van der Waals surface area contributed by atoms with Crippen LogP contribution >= 0.6 is 11.8 Å². The van der Waals surface area contributed by atoms with Crippen LogP contribution in [0.2, 0.25) is 0 Å². The van der Waals surface area contributed by atoms with Crippen LogP contribution in [0, 0.1) is 5.41 Å². The molecule has 0 amide bonds. The first-order chi connectivity index (χ1) is 15.0. The summed E-state index contributed by atoms with van der Waals surface area (Å²) in [5.74, 6) is 1.44. The Balaban J connectivity index is 2.32. The lowest BCUT2D eigenvalue weighted by atomic mass is 9.94. The molecule has 1 atom stereocenters. The molecule has 0 aliphatic rings. The Morgan fingerprint density at radius 2 is 2.03 bits per heavy atom. The topological polar surface area (TPSA) is 93.5 Å². The molecule has 0 saturated carbocycles. The van der Waals surface area contributed by atoms with Crippen molar-refractivity contribution in [3.05, 3.63) is 58.5 Å². The summed E-state index contributed by atoms with van der Waals surface area (Å²) in [6.07, 6.45) is 4.93. The molecule has 3 N–H and O–H groups in total. The normalized spacial score (nSPS) is 12.4. The van der Waals surface area contributed by atoms with Gasteiger partial charge in [0.15, 0.2) is 0 Å². The van der Waals surface area contributed by atoms with E-state index in [1.165, 1.54) is 6.21 Å². The first-order valence-electron chi connectivity index (χ1n) is 10.2.